The molecule has 0 heterocycles. The Morgan fingerprint density at radius 1 is 1.33 bits per heavy atom. The fraction of sp³-hybridized carbons (Fsp3) is 0.300. The molecule has 0 saturated heterocycles. The van der Waals surface area contributed by atoms with E-state index in [4.69, 9.17) is 5.73 Å². The van der Waals surface area contributed by atoms with E-state index in [1.807, 2.05) is 6.92 Å². The fourth-order valence-corrected chi connectivity index (χ4v) is 0.574. The summed E-state index contributed by atoms with van der Waals surface area (Å²) in [6.07, 6.45) is 0.986. The number of carboxylic acid groups (broad SMARTS) is 1. The molecule has 1 aromatic rings. The van der Waals surface area contributed by atoms with Crippen molar-refractivity contribution in [3.05, 3.63) is 41.6 Å². The summed E-state index contributed by atoms with van der Waals surface area (Å²) in [6, 6.07) is 8.06. The molecule has 0 radical (unpaired) electrons. The van der Waals surface area contributed by atoms with Crippen molar-refractivity contribution in [1.82, 2.24) is 6.15 Å². The first kappa shape index (κ1) is 19.8. The third-order valence-electron chi connectivity index (χ3n) is 1.26. The summed E-state index contributed by atoms with van der Waals surface area (Å²) in [6.45, 7) is 2.56. The maximum Gasteiger partial charge on any atom is 2.00 e. The molecular weight excluding hydrogens is 375 g/mol. The van der Waals surface area contributed by atoms with Crippen LogP contribution in [0.2, 0.25) is 0 Å². The van der Waals surface area contributed by atoms with E-state index in [2.05, 4.69) is 0 Å². The normalized spacial score (nSPS) is 7.33. The van der Waals surface area contributed by atoms with Gasteiger partial charge >= 0.3 is 21.1 Å². The molecule has 0 aliphatic rings. The molecule has 0 spiro atoms. The number of rotatable bonds is 2. The number of aromatic carboxylic acids is 1. The van der Waals surface area contributed by atoms with Gasteiger partial charge in [-0.1, -0.05) is 43.7 Å². The molecule has 0 aliphatic heterocycles. The van der Waals surface area contributed by atoms with Crippen LogP contribution in [0, 0.1) is 0 Å². The number of carbonyl (C=O) groups is 1. The van der Waals surface area contributed by atoms with Crippen LogP contribution in [0.4, 0.5) is 0 Å². The van der Waals surface area contributed by atoms with Gasteiger partial charge in [0.05, 0.1) is 5.97 Å². The van der Waals surface area contributed by atoms with Crippen LogP contribution < -0.4 is 11.3 Å². The van der Waals surface area contributed by atoms with Crippen LogP contribution in [0.1, 0.15) is 23.7 Å². The molecule has 0 aromatic heterocycles. The number of nitrogens with one attached hydrogen (secondary N) is 1. The zero-order valence-electron chi connectivity index (χ0n) is 8.64. The predicted octanol–water partition coefficient (Wildman–Crippen LogP) is 1.66. The summed E-state index contributed by atoms with van der Waals surface area (Å²) < 4.78 is 0. The number of benzene rings is 1. The smallest absolute Gasteiger partial charge is 0.677 e. The fourth-order valence-electron chi connectivity index (χ4n) is 0.574. The third kappa shape index (κ3) is 11.2. The minimum atomic E-state index is -1.13. The maximum absolute atomic E-state index is 10.1. The Kier molecular flexibility index (Phi) is 17.6. The van der Waals surface area contributed by atoms with E-state index in [1.165, 1.54) is 12.1 Å². The summed E-state index contributed by atoms with van der Waals surface area (Å²) in [7, 11) is 0. The van der Waals surface area contributed by atoms with Gasteiger partial charge in [-0.3, -0.25) is 0 Å². The van der Waals surface area contributed by atoms with Gasteiger partial charge in [-0.25, -0.2) is 0 Å². The molecule has 15 heavy (non-hydrogen) atoms. The first-order chi connectivity index (χ1) is 6.22. The predicted molar refractivity (Wildman–Crippen MR) is 55.3 cm³/mol. The zero-order valence-corrected chi connectivity index (χ0v) is 10.9. The van der Waals surface area contributed by atoms with Crippen LogP contribution in [-0.4, -0.2) is 12.5 Å². The summed E-state index contributed by atoms with van der Waals surface area (Å²) in [5.74, 6) is -1.13. The van der Waals surface area contributed by atoms with Crippen molar-refractivity contribution in [2.24, 2.45) is 0 Å². The van der Waals surface area contributed by atoms with Crippen LogP contribution in [0.5, 0.6) is 0 Å². The third-order valence-corrected chi connectivity index (χ3v) is 1.26. The molecule has 0 fully saturated rings. The first-order valence-corrected chi connectivity index (χ1v) is 4.13. The second kappa shape index (κ2) is 13.3. The minimum Gasteiger partial charge on any atom is -0.677 e. The second-order valence-electron chi connectivity index (χ2n) is 2.40. The molecule has 5 heteroatoms. The van der Waals surface area contributed by atoms with Gasteiger partial charge in [0.15, 0.2) is 0 Å². The van der Waals surface area contributed by atoms with Gasteiger partial charge in [0, 0.05) is 0 Å². The van der Waals surface area contributed by atoms with Crippen molar-refractivity contribution in [3.63, 3.8) is 0 Å². The van der Waals surface area contributed by atoms with Gasteiger partial charge in [-0.05, 0) is 5.56 Å². The van der Waals surface area contributed by atoms with Gasteiger partial charge in [0.1, 0.15) is 0 Å². The summed E-state index contributed by atoms with van der Waals surface area (Å²) in [5.41, 5.74) is 6.67. The first-order valence-electron chi connectivity index (χ1n) is 4.13. The van der Waals surface area contributed by atoms with Crippen LogP contribution >= 0.6 is 0 Å². The Bertz CT molecular complexity index is 240. The van der Waals surface area contributed by atoms with Crippen LogP contribution in [0.3, 0.4) is 0 Å². The number of hydrogen-bond acceptors (Lipinski definition) is 3. The van der Waals surface area contributed by atoms with E-state index >= 15 is 0 Å². The largest absolute Gasteiger partial charge is 2.00 e. The molecule has 0 bridgehead atoms. The Balaban J connectivity index is -0.000000213. The second-order valence-corrected chi connectivity index (χ2v) is 2.40. The van der Waals surface area contributed by atoms with Gasteiger partial charge in [-0.2, -0.15) is 6.54 Å². The molecule has 4 N–H and O–H groups in total. The average molecular weight is 391 g/mol. The molecule has 1 aromatic carbocycles. The average Bonchev–Trinajstić information content (AvgIpc) is 2.19. The van der Waals surface area contributed by atoms with Gasteiger partial charge in [0.2, 0.25) is 0 Å². The standard InChI is InChI=1S/C7H6O2.C3H8N.H3N.Pt/c8-7(9)6-4-2-1-3-5-6;1-2-3-4;;/h1-5H,(H,8,9);4H,2-3H2,1H3;1H3;/q;-1;;+2/p-1. The van der Waals surface area contributed by atoms with E-state index in [0.717, 1.165) is 6.42 Å². The molecule has 0 unspecified atom stereocenters. The van der Waals surface area contributed by atoms with E-state index < -0.39 is 5.97 Å². The van der Waals surface area contributed by atoms with Crippen molar-refractivity contribution >= 4 is 5.97 Å². The van der Waals surface area contributed by atoms with Crippen LogP contribution in [0.15, 0.2) is 30.3 Å². The number of hydrogen-bond donors (Lipinski definition) is 1. The van der Waals surface area contributed by atoms with Crippen molar-refractivity contribution in [2.45, 2.75) is 13.3 Å². The van der Waals surface area contributed by atoms with Crippen molar-refractivity contribution in [2.75, 3.05) is 6.54 Å². The van der Waals surface area contributed by atoms with Crippen LogP contribution in [0.25, 0.3) is 5.73 Å². The molecule has 0 aliphatic carbocycles. The van der Waals surface area contributed by atoms with Crippen molar-refractivity contribution in [1.29, 1.82) is 0 Å². The monoisotopic (exact) mass is 391 g/mol. The number of carbonyl (C=O) groups excluding carboxylic acids is 1. The van der Waals surface area contributed by atoms with Crippen molar-refractivity contribution < 1.29 is 31.0 Å². The quantitative estimate of drug-likeness (QED) is 0.830. The molecule has 0 amide bonds. The molecule has 4 nitrogen and oxygen atoms in total. The van der Waals surface area contributed by atoms with E-state index in [9.17, 15) is 9.90 Å². The molecule has 1 rings (SSSR count). The molecule has 0 saturated carbocycles. The van der Waals surface area contributed by atoms with Crippen molar-refractivity contribution in [3.8, 4) is 0 Å². The topological polar surface area (TPSA) is 98.9 Å². The minimum absolute atomic E-state index is 0. The van der Waals surface area contributed by atoms with Gasteiger partial charge < -0.3 is 21.8 Å². The van der Waals surface area contributed by atoms with E-state index in [0.29, 0.717) is 6.54 Å². The zero-order chi connectivity index (χ0) is 10.1. The summed E-state index contributed by atoms with van der Waals surface area (Å²) in [4.78, 5) is 10.1. The summed E-state index contributed by atoms with van der Waals surface area (Å²) >= 11 is 0. The summed E-state index contributed by atoms with van der Waals surface area (Å²) in [5, 5.41) is 10.1. The molecular formula is C10H16N2O2Pt. The number of carboxylic acids is 1. The Morgan fingerprint density at radius 2 is 1.73 bits per heavy atom. The Hall–Kier alpha value is -0.702. The maximum atomic E-state index is 10.1. The van der Waals surface area contributed by atoms with Gasteiger partial charge in [0.25, 0.3) is 0 Å². The Morgan fingerprint density at radius 3 is 1.93 bits per heavy atom. The SMILES string of the molecule is CCC[NH-].N.O=C([O-])c1ccccc1.[Pt+2]. The molecule has 0 atom stereocenters. The van der Waals surface area contributed by atoms with Crippen LogP contribution in [-0.2, 0) is 21.1 Å². The Labute approximate surface area is 105 Å². The van der Waals surface area contributed by atoms with E-state index in [1.54, 1.807) is 18.2 Å². The van der Waals surface area contributed by atoms with E-state index in [-0.39, 0.29) is 32.8 Å². The molecule has 88 valence electrons. The van der Waals surface area contributed by atoms with Gasteiger partial charge in [-0.15, -0.1) is 0 Å².